The lowest BCUT2D eigenvalue weighted by atomic mass is 10.0. The number of piperidine rings is 2. The van der Waals surface area contributed by atoms with Gasteiger partial charge in [0.25, 0.3) is 5.91 Å². The van der Waals surface area contributed by atoms with E-state index in [-0.39, 0.29) is 34.8 Å². The van der Waals surface area contributed by atoms with E-state index in [0.717, 1.165) is 78.5 Å². The number of carboxylic acid groups (broad SMARTS) is 1. The van der Waals surface area contributed by atoms with E-state index >= 15 is 0 Å². The maximum Gasteiger partial charge on any atom is 0.387 e. The second-order valence-electron chi connectivity index (χ2n) is 18.1. The van der Waals surface area contributed by atoms with Gasteiger partial charge in [0.2, 0.25) is 0 Å². The minimum Gasteiger partial charge on any atom is -0.476 e. The summed E-state index contributed by atoms with van der Waals surface area (Å²) in [5, 5.41) is 26.0. The number of aromatic carboxylic acids is 1. The second-order valence-corrected chi connectivity index (χ2v) is 22.4. The van der Waals surface area contributed by atoms with Crippen LogP contribution in [0.2, 0.25) is 0 Å². The molecule has 6 heterocycles. The zero-order chi connectivity index (χ0) is 53.2. The molecule has 6 N–H and O–H groups in total. The van der Waals surface area contributed by atoms with Crippen molar-refractivity contribution in [2.75, 3.05) is 47.0 Å². The number of aliphatic imine (C=N–C) groups is 1. The van der Waals surface area contributed by atoms with Gasteiger partial charge in [0, 0.05) is 49.4 Å². The Balaban J connectivity index is 0.000000160. The van der Waals surface area contributed by atoms with Crippen LogP contribution in [0.4, 0.5) is 46.0 Å². The first kappa shape index (κ1) is 54.8. The van der Waals surface area contributed by atoms with Crippen LogP contribution in [0.25, 0.3) is 11.0 Å². The molecule has 0 bridgehead atoms. The van der Waals surface area contributed by atoms with Crippen molar-refractivity contribution in [3.8, 4) is 11.5 Å². The van der Waals surface area contributed by atoms with Crippen molar-refractivity contribution >= 4 is 103 Å². The summed E-state index contributed by atoms with van der Waals surface area (Å²) in [6.45, 7) is 4.10. The number of hydrogen-bond acceptors (Lipinski definition) is 17. The van der Waals surface area contributed by atoms with Crippen LogP contribution >= 0.6 is 46.2 Å². The fourth-order valence-electron chi connectivity index (χ4n) is 8.21. The summed E-state index contributed by atoms with van der Waals surface area (Å²) in [6.07, 6.45) is 4.14. The summed E-state index contributed by atoms with van der Waals surface area (Å²) in [5.41, 5.74) is 12.5. The standard InChI is InChI=1S/C24H22F2N4O3S2.C15H24N2O.C12H7F2N3O3S2/c25-23(26)33-16-5-6-17-14(11-16)12-21(27-17)35-24-29-19(13-34-24)22(32)28-18-3-1-2-4-20(18)30-9-7-15(31)8-10-30;1-15(2,3)18-12-8-10-17(11-9-12)14-7-5-4-6-13(14)16;13-10(14)20-5-1-2-6-7(3-5)16-11(15-6)22-12-17-8(4-21-12)9(18)19/h1-6,11,13,15,23,31H,7-10,12H2,(H,28,32);4-7,12H,8-11,16H2,1-3H3;1-4,10H,(H,15,16)(H,18,19). The van der Waals surface area contributed by atoms with E-state index in [0.29, 0.717) is 67.3 Å². The molecular weight excluding hydrogens is 1050 g/mol. The number of hydrogen-bond donors (Lipinski definition) is 5. The lowest BCUT2D eigenvalue weighted by Crippen LogP contribution is -2.40. The van der Waals surface area contributed by atoms with E-state index in [1.807, 2.05) is 42.5 Å². The fraction of sp³-hybridized carbons (Fsp3) is 0.333. The van der Waals surface area contributed by atoms with Crippen LogP contribution in [-0.2, 0) is 11.2 Å². The van der Waals surface area contributed by atoms with Gasteiger partial charge in [-0.3, -0.25) is 4.79 Å². The number of nitrogens with zero attached hydrogens (tertiary/aromatic N) is 6. The van der Waals surface area contributed by atoms with Crippen molar-refractivity contribution in [3.63, 3.8) is 0 Å². The number of ether oxygens (including phenoxy) is 3. The molecular formula is C51H53F4N9O7S4. The van der Waals surface area contributed by atoms with Crippen molar-refractivity contribution in [2.24, 2.45) is 4.99 Å². The van der Waals surface area contributed by atoms with Crippen LogP contribution < -0.4 is 30.3 Å². The highest BCUT2D eigenvalue weighted by Crippen LogP contribution is 2.38. The number of aliphatic hydroxyl groups excluding tert-OH is 1. The average Bonchev–Trinajstić information content (AvgIpc) is 4.20. The molecule has 0 radical (unpaired) electrons. The van der Waals surface area contributed by atoms with Crippen LogP contribution in [0.3, 0.4) is 0 Å². The Hall–Kier alpha value is -6.44. The molecule has 7 aromatic rings. The molecule has 0 spiro atoms. The van der Waals surface area contributed by atoms with Gasteiger partial charge < -0.3 is 50.3 Å². The maximum atomic E-state index is 12.9. The molecule has 0 atom stereocenters. The van der Waals surface area contributed by atoms with Gasteiger partial charge in [0.05, 0.1) is 62.3 Å². The van der Waals surface area contributed by atoms with Crippen LogP contribution in [0.15, 0.2) is 115 Å². The highest BCUT2D eigenvalue weighted by atomic mass is 32.2. The van der Waals surface area contributed by atoms with Gasteiger partial charge >= 0.3 is 19.2 Å². The zero-order valence-electron chi connectivity index (χ0n) is 40.8. The van der Waals surface area contributed by atoms with Crippen molar-refractivity contribution in [3.05, 3.63) is 113 Å². The van der Waals surface area contributed by atoms with E-state index in [2.05, 4.69) is 76.4 Å². The quantitative estimate of drug-likeness (QED) is 0.0536. The highest BCUT2D eigenvalue weighted by molar-refractivity contribution is 8.15. The van der Waals surface area contributed by atoms with E-state index in [1.165, 1.54) is 58.0 Å². The summed E-state index contributed by atoms with van der Waals surface area (Å²) < 4.78 is 65.3. The van der Waals surface area contributed by atoms with E-state index < -0.39 is 19.2 Å². The van der Waals surface area contributed by atoms with E-state index in [9.17, 15) is 32.3 Å². The Morgan fingerprint density at radius 1 is 0.787 bits per heavy atom. The van der Waals surface area contributed by atoms with Gasteiger partial charge in [-0.15, -0.1) is 22.7 Å². The number of anilines is 4. The number of benzene rings is 4. The Kier molecular flexibility index (Phi) is 18.2. The molecule has 0 unspecified atom stereocenters. The number of carbonyl (C=O) groups is 2. The first-order chi connectivity index (χ1) is 35.9. The lowest BCUT2D eigenvalue weighted by molar-refractivity contribution is -0.0683. The summed E-state index contributed by atoms with van der Waals surface area (Å²) >= 11 is 5.04. The number of fused-ring (bicyclic) bond motifs is 2. The summed E-state index contributed by atoms with van der Waals surface area (Å²) in [7, 11) is 0. The van der Waals surface area contributed by atoms with Gasteiger partial charge in [0.1, 0.15) is 17.2 Å². The SMILES string of the molecule is CC(C)(C)OC1CCN(c2ccccc2N)CC1.O=C(Nc1ccccc1N1CCC(O)CC1)c1csc(SC2=Nc3ccc(OC(F)F)cc3C2)n1.O=C(O)c1csc(Sc2nc3ccc(OC(F)F)cc3[nH]2)n1. The normalized spacial score (nSPS) is 15.0. The van der Waals surface area contributed by atoms with Crippen molar-refractivity contribution in [2.45, 2.75) is 97.7 Å². The third-order valence-corrected chi connectivity index (χ3v) is 15.3. The number of carbonyl (C=O) groups excluding carboxylic acids is 1. The van der Waals surface area contributed by atoms with Crippen molar-refractivity contribution < 1.29 is 51.6 Å². The molecule has 3 aliphatic rings. The number of aromatic amines is 1. The average molecular weight is 1110 g/mol. The summed E-state index contributed by atoms with van der Waals surface area (Å²) in [6, 6.07) is 24.8. The van der Waals surface area contributed by atoms with Gasteiger partial charge in [-0.25, -0.2) is 24.7 Å². The minimum atomic E-state index is -2.89. The molecule has 2 fully saturated rings. The number of nitrogens with one attached hydrogen (secondary N) is 2. The molecule has 2 saturated heterocycles. The Bertz CT molecular complexity index is 3100. The van der Waals surface area contributed by atoms with E-state index in [1.54, 1.807) is 23.6 Å². The topological polar surface area (TPSA) is 214 Å². The fourth-order valence-corrected chi connectivity index (χ4v) is 11.8. The number of nitrogen functional groups attached to an aromatic ring is 1. The van der Waals surface area contributed by atoms with Gasteiger partial charge in [-0.2, -0.15) is 17.6 Å². The number of thioether (sulfide) groups is 1. The van der Waals surface area contributed by atoms with Crippen molar-refractivity contribution in [1.29, 1.82) is 0 Å². The van der Waals surface area contributed by atoms with E-state index in [4.69, 9.17) is 15.6 Å². The predicted molar refractivity (Wildman–Crippen MR) is 287 cm³/mol. The van der Waals surface area contributed by atoms with Crippen LogP contribution in [-0.4, -0.2) is 104 Å². The number of halogens is 4. The number of amides is 1. The van der Waals surface area contributed by atoms with Gasteiger partial charge in [-0.1, -0.05) is 24.3 Å². The molecule has 3 aliphatic heterocycles. The summed E-state index contributed by atoms with van der Waals surface area (Å²) in [4.78, 5) is 48.3. The zero-order valence-corrected chi connectivity index (χ0v) is 44.0. The molecule has 396 valence electrons. The third kappa shape index (κ3) is 15.6. The Labute approximate surface area is 445 Å². The lowest BCUT2D eigenvalue weighted by Gasteiger charge is -2.37. The molecule has 3 aromatic heterocycles. The summed E-state index contributed by atoms with van der Waals surface area (Å²) in [5.74, 6) is -1.26. The second kappa shape index (κ2) is 24.9. The number of aliphatic hydroxyl groups is 1. The number of nitrogens with two attached hydrogens (primary N) is 1. The number of thiazole rings is 2. The first-order valence-corrected chi connectivity index (χ1v) is 27.0. The molecule has 0 saturated carbocycles. The molecule has 1 amide bonds. The first-order valence-electron chi connectivity index (χ1n) is 23.6. The van der Waals surface area contributed by atoms with Crippen LogP contribution in [0.1, 0.15) is 73.0 Å². The minimum absolute atomic E-state index is 0.0313. The smallest absolute Gasteiger partial charge is 0.387 e. The van der Waals surface area contributed by atoms with Crippen LogP contribution in [0.5, 0.6) is 11.5 Å². The van der Waals surface area contributed by atoms with Crippen LogP contribution in [0, 0.1) is 0 Å². The number of H-pyrrole nitrogens is 1. The monoisotopic (exact) mass is 1110 g/mol. The number of rotatable bonds is 13. The Morgan fingerprint density at radius 3 is 2.05 bits per heavy atom. The molecule has 4 aromatic carbocycles. The number of imidazole rings is 1. The highest BCUT2D eigenvalue weighted by Gasteiger charge is 2.26. The van der Waals surface area contributed by atoms with Gasteiger partial charge in [0.15, 0.2) is 19.5 Å². The maximum absolute atomic E-state index is 12.9. The molecule has 10 rings (SSSR count). The molecule has 75 heavy (non-hydrogen) atoms. The van der Waals surface area contributed by atoms with Gasteiger partial charge in [-0.05, 0) is 130 Å². The number of para-hydroxylation sites is 4. The number of alkyl halides is 4. The largest absolute Gasteiger partial charge is 0.476 e. The molecule has 24 heteroatoms. The predicted octanol–water partition coefficient (Wildman–Crippen LogP) is 11.9. The number of carboxylic acids is 1. The third-order valence-electron chi connectivity index (χ3n) is 11.5. The van der Waals surface area contributed by atoms with Crippen molar-refractivity contribution in [1.82, 2.24) is 19.9 Å². The Morgan fingerprint density at radius 2 is 1.39 bits per heavy atom. The molecule has 16 nitrogen and oxygen atoms in total. The molecule has 0 aliphatic carbocycles. The number of aromatic nitrogens is 4.